The number of fused-ring (bicyclic) bond motifs is 1. The predicted octanol–water partition coefficient (Wildman–Crippen LogP) is 3.78. The topological polar surface area (TPSA) is 66.8 Å². The van der Waals surface area contributed by atoms with Gasteiger partial charge in [-0.3, -0.25) is 9.69 Å². The summed E-state index contributed by atoms with van der Waals surface area (Å²) in [4.78, 5) is 25.9. The first-order chi connectivity index (χ1) is 13.5. The molecule has 0 atom stereocenters. The third kappa shape index (κ3) is 3.99. The van der Waals surface area contributed by atoms with Crippen molar-refractivity contribution in [3.63, 3.8) is 0 Å². The first-order valence-corrected chi connectivity index (χ1v) is 9.57. The highest BCUT2D eigenvalue weighted by Crippen LogP contribution is 2.40. The predicted molar refractivity (Wildman–Crippen MR) is 106 cm³/mol. The van der Waals surface area contributed by atoms with Crippen molar-refractivity contribution in [2.24, 2.45) is 0 Å². The maximum atomic E-state index is 12.8. The first kappa shape index (κ1) is 18.4. The minimum absolute atomic E-state index is 0.0725. The molecule has 2 aliphatic heterocycles. The van der Waals surface area contributed by atoms with E-state index in [0.29, 0.717) is 23.3 Å². The van der Waals surface area contributed by atoms with Gasteiger partial charge in [-0.1, -0.05) is 36.4 Å². The van der Waals surface area contributed by atoms with Crippen LogP contribution in [0.2, 0.25) is 0 Å². The number of rotatable bonds is 4. The molecule has 2 aliphatic rings. The van der Waals surface area contributed by atoms with Crippen LogP contribution in [0, 0.1) is 0 Å². The Hall–Kier alpha value is -2.92. The Balaban J connectivity index is 1.44. The van der Waals surface area contributed by atoms with Crippen LogP contribution in [-0.2, 0) is 11.3 Å². The van der Waals surface area contributed by atoms with E-state index in [2.05, 4.69) is 29.2 Å². The normalized spacial score (nSPS) is 18.8. The zero-order valence-electron chi connectivity index (χ0n) is 15.6. The van der Waals surface area contributed by atoms with Crippen LogP contribution >= 0.6 is 0 Å². The van der Waals surface area contributed by atoms with Gasteiger partial charge in [-0.25, -0.2) is 4.79 Å². The molecule has 0 bridgehead atoms. The molecule has 1 saturated heterocycles. The molecule has 5 heteroatoms. The molecule has 0 aliphatic carbocycles. The average Bonchev–Trinajstić information content (AvgIpc) is 2.69. The minimum Gasteiger partial charge on any atom is -0.486 e. The molecule has 0 aromatic heterocycles. The van der Waals surface area contributed by atoms with E-state index in [1.54, 1.807) is 18.2 Å². The van der Waals surface area contributed by atoms with Crippen LogP contribution in [0.4, 0.5) is 0 Å². The Morgan fingerprint density at radius 3 is 2.61 bits per heavy atom. The number of likely N-dealkylation sites (tertiary alicyclic amines) is 1. The number of piperidine rings is 1. The quantitative estimate of drug-likeness (QED) is 0.822. The number of carbonyl (C=O) groups excluding carboxylic acids is 1. The molecule has 0 unspecified atom stereocenters. The van der Waals surface area contributed by atoms with E-state index in [1.165, 1.54) is 11.6 Å². The summed E-state index contributed by atoms with van der Waals surface area (Å²) in [6.45, 7) is 2.72. The van der Waals surface area contributed by atoms with E-state index in [1.807, 2.05) is 6.07 Å². The SMILES string of the molecule is O=C(O)C=Cc1ccc2c(c1)C(=O)CC1(CCN(Cc3ccccc3)CC1)O2. The summed E-state index contributed by atoms with van der Waals surface area (Å²) in [6, 6.07) is 15.7. The summed E-state index contributed by atoms with van der Waals surface area (Å²) < 4.78 is 6.32. The molecule has 0 radical (unpaired) electrons. The lowest BCUT2D eigenvalue weighted by molar-refractivity contribution is -0.131. The first-order valence-electron chi connectivity index (χ1n) is 9.57. The maximum Gasteiger partial charge on any atom is 0.328 e. The second kappa shape index (κ2) is 7.60. The molecule has 1 spiro atoms. The van der Waals surface area contributed by atoms with Gasteiger partial charge in [-0.05, 0) is 29.3 Å². The van der Waals surface area contributed by atoms with Crippen LogP contribution < -0.4 is 4.74 Å². The third-order valence-corrected chi connectivity index (χ3v) is 5.55. The van der Waals surface area contributed by atoms with E-state index in [4.69, 9.17) is 9.84 Å². The number of carboxylic acids is 1. The van der Waals surface area contributed by atoms with Crippen molar-refractivity contribution in [1.29, 1.82) is 0 Å². The fourth-order valence-electron chi connectivity index (χ4n) is 4.02. The number of hydrogen-bond donors (Lipinski definition) is 1. The molecule has 2 aromatic rings. The van der Waals surface area contributed by atoms with Gasteiger partial charge < -0.3 is 9.84 Å². The van der Waals surface area contributed by atoms with Crippen molar-refractivity contribution in [1.82, 2.24) is 4.90 Å². The highest BCUT2D eigenvalue weighted by molar-refractivity contribution is 6.01. The standard InChI is InChI=1S/C23H23NO4/c25-20-15-23(10-12-24(13-11-23)16-18-4-2-1-3-5-18)28-21-8-6-17(14-19(20)21)7-9-22(26)27/h1-9,14H,10-13,15-16H2,(H,26,27). The fraction of sp³-hybridized carbons (Fsp3) is 0.304. The van der Waals surface area contributed by atoms with Crippen molar-refractivity contribution in [3.05, 3.63) is 71.3 Å². The highest BCUT2D eigenvalue weighted by atomic mass is 16.5. The molecular formula is C23H23NO4. The number of ether oxygens (including phenoxy) is 1. The summed E-state index contributed by atoms with van der Waals surface area (Å²) >= 11 is 0. The molecule has 0 saturated carbocycles. The molecular weight excluding hydrogens is 354 g/mol. The summed E-state index contributed by atoms with van der Waals surface area (Å²) in [5.74, 6) is -0.329. The second-order valence-corrected chi connectivity index (χ2v) is 7.57. The number of ketones is 1. The molecule has 2 heterocycles. The van der Waals surface area contributed by atoms with E-state index in [0.717, 1.165) is 38.6 Å². The van der Waals surface area contributed by atoms with Crippen LogP contribution in [0.3, 0.4) is 0 Å². The Bertz CT molecular complexity index is 911. The van der Waals surface area contributed by atoms with Crippen molar-refractivity contribution in [2.45, 2.75) is 31.4 Å². The van der Waals surface area contributed by atoms with Crippen molar-refractivity contribution >= 4 is 17.8 Å². The van der Waals surface area contributed by atoms with Crippen molar-refractivity contribution in [2.75, 3.05) is 13.1 Å². The fourth-order valence-corrected chi connectivity index (χ4v) is 4.02. The van der Waals surface area contributed by atoms with Gasteiger partial charge in [0.1, 0.15) is 11.4 Å². The van der Waals surface area contributed by atoms with Crippen LogP contribution in [0.5, 0.6) is 5.75 Å². The van der Waals surface area contributed by atoms with Gasteiger partial charge in [-0.15, -0.1) is 0 Å². The maximum absolute atomic E-state index is 12.8. The zero-order chi connectivity index (χ0) is 19.6. The van der Waals surface area contributed by atoms with Gasteiger partial charge in [0.2, 0.25) is 0 Å². The van der Waals surface area contributed by atoms with E-state index in [-0.39, 0.29) is 5.78 Å². The number of Topliss-reactive ketones (excluding diaryl/α,β-unsaturated/α-hetero) is 1. The third-order valence-electron chi connectivity index (χ3n) is 5.55. The summed E-state index contributed by atoms with van der Waals surface area (Å²) in [7, 11) is 0. The van der Waals surface area contributed by atoms with Gasteiger partial charge in [-0.2, -0.15) is 0 Å². The monoisotopic (exact) mass is 377 g/mol. The molecule has 1 fully saturated rings. The summed E-state index contributed by atoms with van der Waals surface area (Å²) in [6.07, 6.45) is 4.59. The van der Waals surface area contributed by atoms with Crippen molar-refractivity contribution in [3.8, 4) is 5.75 Å². The number of carboxylic acid groups (broad SMARTS) is 1. The number of hydrogen-bond acceptors (Lipinski definition) is 4. The molecule has 1 N–H and O–H groups in total. The summed E-state index contributed by atoms with van der Waals surface area (Å²) in [5.41, 5.74) is 2.11. The highest BCUT2D eigenvalue weighted by Gasteiger charge is 2.42. The van der Waals surface area contributed by atoms with Gasteiger partial charge in [0.15, 0.2) is 5.78 Å². The molecule has 5 nitrogen and oxygen atoms in total. The van der Waals surface area contributed by atoms with Crippen LogP contribution in [0.15, 0.2) is 54.6 Å². The summed E-state index contributed by atoms with van der Waals surface area (Å²) in [5, 5.41) is 8.76. The lowest BCUT2D eigenvalue weighted by Crippen LogP contribution is -2.50. The smallest absolute Gasteiger partial charge is 0.328 e. The van der Waals surface area contributed by atoms with Crippen LogP contribution in [0.25, 0.3) is 6.08 Å². The van der Waals surface area contributed by atoms with Gasteiger partial charge in [0.05, 0.1) is 12.0 Å². The number of carbonyl (C=O) groups is 2. The molecule has 2 aromatic carbocycles. The van der Waals surface area contributed by atoms with Crippen LogP contribution in [-0.4, -0.2) is 40.4 Å². The number of aliphatic carboxylic acids is 1. The Labute approximate surface area is 164 Å². The Kier molecular flexibility index (Phi) is 5.01. The van der Waals surface area contributed by atoms with E-state index >= 15 is 0 Å². The molecule has 4 rings (SSSR count). The molecule has 0 amide bonds. The van der Waals surface area contributed by atoms with E-state index < -0.39 is 11.6 Å². The van der Waals surface area contributed by atoms with Gasteiger partial charge in [0.25, 0.3) is 0 Å². The number of benzene rings is 2. The second-order valence-electron chi connectivity index (χ2n) is 7.57. The van der Waals surface area contributed by atoms with Crippen LogP contribution in [0.1, 0.15) is 40.7 Å². The largest absolute Gasteiger partial charge is 0.486 e. The molecule has 28 heavy (non-hydrogen) atoms. The Morgan fingerprint density at radius 1 is 1.14 bits per heavy atom. The van der Waals surface area contributed by atoms with Gasteiger partial charge >= 0.3 is 5.97 Å². The minimum atomic E-state index is -1.01. The average molecular weight is 377 g/mol. The Morgan fingerprint density at radius 2 is 1.89 bits per heavy atom. The van der Waals surface area contributed by atoms with Gasteiger partial charge in [0, 0.05) is 38.6 Å². The lowest BCUT2D eigenvalue weighted by Gasteiger charge is -2.44. The number of nitrogens with zero attached hydrogens (tertiary/aromatic N) is 1. The zero-order valence-corrected chi connectivity index (χ0v) is 15.6. The lowest BCUT2D eigenvalue weighted by atomic mass is 9.82. The van der Waals surface area contributed by atoms with Crippen molar-refractivity contribution < 1.29 is 19.4 Å². The molecule has 144 valence electrons. The van der Waals surface area contributed by atoms with E-state index in [9.17, 15) is 9.59 Å².